The third-order valence-corrected chi connectivity index (χ3v) is 8.31. The summed E-state index contributed by atoms with van der Waals surface area (Å²) in [6.07, 6.45) is 3.11. The number of aromatic nitrogens is 2. The Bertz CT molecular complexity index is 1540. The summed E-state index contributed by atoms with van der Waals surface area (Å²) in [5, 5.41) is 35.6. The predicted molar refractivity (Wildman–Crippen MR) is 148 cm³/mol. The maximum absolute atomic E-state index is 14.1. The SMILES string of the molecule is CCCCN(CCCC)S(=O)(=O)c1c(N=Nc2c(C)nn(-c3ccccc3)c2O)c(O)cc2ccccc12. The smallest absolute Gasteiger partial charge is 0.246 e. The van der Waals surface area contributed by atoms with E-state index in [-0.39, 0.29) is 27.9 Å². The molecule has 1 aromatic heterocycles. The third kappa shape index (κ3) is 5.41. The van der Waals surface area contributed by atoms with Gasteiger partial charge in [0.1, 0.15) is 16.3 Å². The van der Waals surface area contributed by atoms with Gasteiger partial charge in [-0.25, -0.2) is 8.42 Å². The Morgan fingerprint density at radius 2 is 1.50 bits per heavy atom. The number of azo groups is 1. The summed E-state index contributed by atoms with van der Waals surface area (Å²) >= 11 is 0. The van der Waals surface area contributed by atoms with Gasteiger partial charge in [-0.05, 0) is 43.4 Å². The summed E-state index contributed by atoms with van der Waals surface area (Å²) in [7, 11) is -4.05. The molecule has 2 N–H and O–H groups in total. The average molecular weight is 536 g/mol. The van der Waals surface area contributed by atoms with Crippen LogP contribution in [0, 0.1) is 6.92 Å². The van der Waals surface area contributed by atoms with Crippen LogP contribution in [0.1, 0.15) is 45.2 Å². The van der Waals surface area contributed by atoms with Gasteiger partial charge in [0.25, 0.3) is 0 Å². The van der Waals surface area contributed by atoms with Crippen molar-refractivity contribution in [3.8, 4) is 17.3 Å². The molecule has 1 heterocycles. The van der Waals surface area contributed by atoms with E-state index in [0.29, 0.717) is 48.1 Å². The van der Waals surface area contributed by atoms with Crippen LogP contribution in [-0.2, 0) is 10.0 Å². The van der Waals surface area contributed by atoms with Gasteiger partial charge in [0.15, 0.2) is 5.69 Å². The number of unbranched alkanes of at least 4 members (excludes halogenated alkanes) is 2. The van der Waals surface area contributed by atoms with Crippen LogP contribution in [0.15, 0.2) is 75.8 Å². The van der Waals surface area contributed by atoms with E-state index in [1.165, 1.54) is 15.1 Å². The maximum atomic E-state index is 14.1. The zero-order valence-corrected chi connectivity index (χ0v) is 22.7. The van der Waals surface area contributed by atoms with E-state index in [1.54, 1.807) is 43.3 Å². The molecule has 0 aliphatic carbocycles. The highest BCUT2D eigenvalue weighted by Gasteiger charge is 2.31. The normalized spacial score (nSPS) is 12.2. The lowest BCUT2D eigenvalue weighted by Crippen LogP contribution is -2.33. The molecule has 0 aliphatic rings. The molecule has 0 unspecified atom stereocenters. The molecular formula is C28H33N5O4S. The quantitative estimate of drug-likeness (QED) is 0.206. The Kier molecular flexibility index (Phi) is 8.43. The van der Waals surface area contributed by atoms with E-state index in [1.807, 2.05) is 32.0 Å². The van der Waals surface area contributed by atoms with E-state index >= 15 is 0 Å². The number of rotatable bonds is 11. The first-order chi connectivity index (χ1) is 18.3. The minimum absolute atomic E-state index is 0.0820. The minimum Gasteiger partial charge on any atom is -0.506 e. The molecule has 0 atom stereocenters. The lowest BCUT2D eigenvalue weighted by molar-refractivity contribution is 0.395. The number of benzene rings is 3. The maximum Gasteiger partial charge on any atom is 0.246 e. The van der Waals surface area contributed by atoms with Gasteiger partial charge in [-0.15, -0.1) is 10.2 Å². The fourth-order valence-electron chi connectivity index (χ4n) is 4.27. The van der Waals surface area contributed by atoms with Crippen molar-refractivity contribution >= 4 is 32.2 Å². The second kappa shape index (κ2) is 11.7. The third-order valence-electron chi connectivity index (χ3n) is 6.33. The van der Waals surface area contributed by atoms with Crippen molar-refractivity contribution in [3.05, 3.63) is 66.4 Å². The van der Waals surface area contributed by atoms with Crippen LogP contribution in [0.2, 0.25) is 0 Å². The van der Waals surface area contributed by atoms with Crippen molar-refractivity contribution in [1.82, 2.24) is 14.1 Å². The Morgan fingerprint density at radius 3 is 2.16 bits per heavy atom. The number of phenols is 1. The highest BCUT2D eigenvalue weighted by molar-refractivity contribution is 7.89. The first kappa shape index (κ1) is 27.3. The van der Waals surface area contributed by atoms with Crippen molar-refractivity contribution in [3.63, 3.8) is 0 Å². The van der Waals surface area contributed by atoms with Crippen LogP contribution in [0.5, 0.6) is 11.6 Å². The van der Waals surface area contributed by atoms with E-state index in [2.05, 4.69) is 15.3 Å². The fourth-order valence-corrected chi connectivity index (χ4v) is 6.12. The van der Waals surface area contributed by atoms with Crippen molar-refractivity contribution in [2.75, 3.05) is 13.1 Å². The highest BCUT2D eigenvalue weighted by atomic mass is 32.2. The lowest BCUT2D eigenvalue weighted by Gasteiger charge is -2.23. The summed E-state index contributed by atoms with van der Waals surface area (Å²) in [5.41, 5.74) is 0.938. The first-order valence-corrected chi connectivity index (χ1v) is 14.2. The number of sulfonamides is 1. The fraction of sp³-hybridized carbons (Fsp3) is 0.321. The molecule has 0 amide bonds. The first-order valence-electron chi connectivity index (χ1n) is 12.8. The summed E-state index contributed by atoms with van der Waals surface area (Å²) in [6, 6.07) is 17.5. The van der Waals surface area contributed by atoms with Crippen molar-refractivity contribution in [2.24, 2.45) is 10.2 Å². The number of aromatic hydroxyl groups is 2. The molecule has 38 heavy (non-hydrogen) atoms. The van der Waals surface area contributed by atoms with Gasteiger partial charge in [0.05, 0.1) is 11.4 Å². The molecule has 10 heteroatoms. The number of phenolic OH excluding ortho intramolecular Hbond substituents is 1. The molecule has 0 radical (unpaired) electrons. The van der Waals surface area contributed by atoms with E-state index in [4.69, 9.17) is 0 Å². The van der Waals surface area contributed by atoms with Crippen molar-refractivity contribution < 1.29 is 18.6 Å². The second-order valence-electron chi connectivity index (χ2n) is 9.11. The molecule has 0 fully saturated rings. The Hall–Kier alpha value is -3.76. The Balaban J connectivity index is 1.88. The molecule has 9 nitrogen and oxygen atoms in total. The van der Waals surface area contributed by atoms with Crippen LogP contribution in [-0.4, -0.2) is 45.8 Å². The van der Waals surface area contributed by atoms with Crippen LogP contribution in [0.25, 0.3) is 16.5 Å². The standard InChI is InChI=1S/C28H33N5O4S/c1-4-6-17-32(18-7-5-2)38(36,37)27-23-16-12-11-13-21(23)19-24(34)26(27)30-29-25-20(3)31-33(28(25)35)22-14-9-8-10-15-22/h8-16,19,34-35H,4-7,17-18H2,1-3H3. The zero-order chi connectivity index (χ0) is 27.3. The monoisotopic (exact) mass is 535 g/mol. The van der Waals surface area contributed by atoms with Gasteiger partial charge in [-0.2, -0.15) is 14.1 Å². The number of para-hydroxylation sites is 1. The molecule has 0 saturated heterocycles. The number of fused-ring (bicyclic) bond motifs is 1. The molecule has 0 bridgehead atoms. The molecule has 4 aromatic rings. The van der Waals surface area contributed by atoms with Gasteiger partial charge in [0.2, 0.25) is 15.9 Å². The number of hydrogen-bond acceptors (Lipinski definition) is 7. The van der Waals surface area contributed by atoms with Crippen molar-refractivity contribution in [1.29, 1.82) is 0 Å². The number of hydrogen-bond donors (Lipinski definition) is 2. The Labute approximate surface area is 223 Å². The largest absolute Gasteiger partial charge is 0.506 e. The van der Waals surface area contributed by atoms with E-state index in [9.17, 15) is 18.6 Å². The van der Waals surface area contributed by atoms with Crippen molar-refractivity contribution in [2.45, 2.75) is 51.3 Å². The van der Waals surface area contributed by atoms with Gasteiger partial charge in [-0.3, -0.25) is 0 Å². The van der Waals surface area contributed by atoms with Crippen LogP contribution in [0.4, 0.5) is 11.4 Å². The van der Waals surface area contributed by atoms with E-state index < -0.39 is 10.0 Å². The van der Waals surface area contributed by atoms with Gasteiger partial charge < -0.3 is 10.2 Å². The Morgan fingerprint density at radius 1 is 0.895 bits per heavy atom. The molecule has 200 valence electrons. The van der Waals surface area contributed by atoms with E-state index in [0.717, 1.165) is 12.8 Å². The number of nitrogens with zero attached hydrogens (tertiary/aromatic N) is 5. The van der Waals surface area contributed by atoms with Crippen LogP contribution < -0.4 is 0 Å². The summed E-state index contributed by atoms with van der Waals surface area (Å²) < 4.78 is 31.0. The zero-order valence-electron chi connectivity index (χ0n) is 21.9. The molecule has 0 spiro atoms. The molecule has 4 rings (SSSR count). The molecule has 0 aliphatic heterocycles. The average Bonchev–Trinajstić information content (AvgIpc) is 3.20. The molecule has 0 saturated carbocycles. The lowest BCUT2D eigenvalue weighted by atomic mass is 10.1. The topological polar surface area (TPSA) is 120 Å². The van der Waals surface area contributed by atoms with Gasteiger partial charge in [-0.1, -0.05) is 69.2 Å². The second-order valence-corrected chi connectivity index (χ2v) is 11.0. The highest BCUT2D eigenvalue weighted by Crippen LogP contribution is 2.43. The van der Waals surface area contributed by atoms with Crippen LogP contribution in [0.3, 0.4) is 0 Å². The van der Waals surface area contributed by atoms with Crippen LogP contribution >= 0.6 is 0 Å². The summed E-state index contributed by atoms with van der Waals surface area (Å²) in [5.74, 6) is -0.556. The summed E-state index contributed by atoms with van der Waals surface area (Å²) in [6.45, 7) is 6.42. The molecule has 3 aromatic carbocycles. The molecular weight excluding hydrogens is 502 g/mol. The predicted octanol–water partition coefficient (Wildman–Crippen LogP) is 6.75. The minimum atomic E-state index is -4.05. The number of aryl methyl sites for hydroxylation is 1. The van der Waals surface area contributed by atoms with Gasteiger partial charge in [0, 0.05) is 18.5 Å². The summed E-state index contributed by atoms with van der Waals surface area (Å²) in [4.78, 5) is -0.100. The van der Waals surface area contributed by atoms with Gasteiger partial charge >= 0.3 is 0 Å².